The van der Waals surface area contributed by atoms with Gasteiger partial charge in [-0.2, -0.15) is 18.3 Å². The molecule has 1 atom stereocenters. The van der Waals surface area contributed by atoms with Gasteiger partial charge in [-0.05, 0) is 54.1 Å². The summed E-state index contributed by atoms with van der Waals surface area (Å²) in [7, 11) is 0. The van der Waals surface area contributed by atoms with E-state index in [-0.39, 0.29) is 23.6 Å². The number of nitrogens with zero attached hydrogens (tertiary/aromatic N) is 3. The van der Waals surface area contributed by atoms with Crippen LogP contribution in [0.25, 0.3) is 0 Å². The molecule has 1 aromatic heterocycles. The van der Waals surface area contributed by atoms with E-state index >= 15 is 0 Å². The second-order valence-electron chi connectivity index (χ2n) is 7.60. The molecule has 0 fully saturated rings. The average Bonchev–Trinajstić information content (AvgIpc) is 3.25. The lowest BCUT2D eigenvalue weighted by molar-refractivity contribution is -0.274. The Hall–Kier alpha value is -4.16. The summed E-state index contributed by atoms with van der Waals surface area (Å²) >= 11 is 0. The van der Waals surface area contributed by atoms with Crippen LogP contribution in [0.5, 0.6) is 5.75 Å². The van der Waals surface area contributed by atoms with Crippen molar-refractivity contribution in [1.82, 2.24) is 9.99 Å². The summed E-state index contributed by atoms with van der Waals surface area (Å²) in [5.74, 6) is -1.73. The van der Waals surface area contributed by atoms with Crippen molar-refractivity contribution < 1.29 is 40.3 Å². The fraction of sp³-hybridized carbons (Fsp3) is 0.174. The van der Waals surface area contributed by atoms with Crippen LogP contribution in [0, 0.1) is 5.82 Å². The molecule has 0 aliphatic carbocycles. The van der Waals surface area contributed by atoms with Gasteiger partial charge in [-0.1, -0.05) is 12.1 Å². The number of anilines is 1. The number of ether oxygens (including phenoxy) is 1. The fourth-order valence-electron chi connectivity index (χ4n) is 3.45. The number of amides is 2. The molecule has 1 N–H and O–H groups in total. The van der Waals surface area contributed by atoms with Gasteiger partial charge < -0.3 is 10.1 Å². The fourth-order valence-corrected chi connectivity index (χ4v) is 3.45. The highest BCUT2D eigenvalue weighted by Gasteiger charge is 2.35. The van der Waals surface area contributed by atoms with Crippen molar-refractivity contribution in [2.75, 3.05) is 11.9 Å². The predicted octanol–water partition coefficient (Wildman–Crippen LogP) is 6.17. The van der Waals surface area contributed by atoms with Crippen LogP contribution in [-0.4, -0.2) is 34.6 Å². The molecule has 0 saturated heterocycles. The number of hydrogen-bond donors (Lipinski definition) is 1. The van der Waals surface area contributed by atoms with E-state index in [4.69, 9.17) is 0 Å². The van der Waals surface area contributed by atoms with Crippen molar-refractivity contribution in [3.05, 3.63) is 89.5 Å². The number of aromatic nitrogens is 1. The summed E-state index contributed by atoms with van der Waals surface area (Å²) in [5, 5.41) is 7.73. The van der Waals surface area contributed by atoms with Gasteiger partial charge in [0.05, 0.1) is 29.4 Å². The molecule has 36 heavy (non-hydrogen) atoms. The lowest BCUT2D eigenvalue weighted by Crippen LogP contribution is -2.30. The van der Waals surface area contributed by atoms with Crippen LogP contribution in [0.3, 0.4) is 0 Å². The molecule has 2 heterocycles. The molecule has 1 unspecified atom stereocenters. The molecule has 2 amide bonds. The third-order valence-corrected chi connectivity index (χ3v) is 5.10. The Morgan fingerprint density at radius 3 is 2.17 bits per heavy atom. The molecule has 13 heteroatoms. The number of urea groups is 1. The number of rotatable bonds is 4. The second-order valence-corrected chi connectivity index (χ2v) is 7.60. The van der Waals surface area contributed by atoms with Gasteiger partial charge in [0.25, 0.3) is 0 Å². The van der Waals surface area contributed by atoms with Crippen LogP contribution in [0.1, 0.15) is 22.7 Å². The lowest BCUT2D eigenvalue weighted by atomic mass is 9.94. The quantitative estimate of drug-likeness (QED) is 0.425. The number of halogens is 7. The summed E-state index contributed by atoms with van der Waals surface area (Å²) in [5.41, 5.74) is 0.0923. The number of pyridine rings is 1. The monoisotopic (exact) mass is 512 g/mol. The van der Waals surface area contributed by atoms with Crippen LogP contribution in [-0.2, 0) is 6.18 Å². The van der Waals surface area contributed by atoms with Crippen LogP contribution < -0.4 is 10.1 Å². The molecule has 3 aromatic rings. The van der Waals surface area contributed by atoms with Gasteiger partial charge in [0, 0.05) is 11.9 Å². The van der Waals surface area contributed by atoms with Gasteiger partial charge in [0.2, 0.25) is 0 Å². The maximum atomic E-state index is 13.4. The number of benzene rings is 2. The normalized spacial score (nSPS) is 16.0. The first kappa shape index (κ1) is 24.9. The maximum absolute atomic E-state index is 13.4. The van der Waals surface area contributed by atoms with Gasteiger partial charge in [-0.3, -0.25) is 4.98 Å². The summed E-state index contributed by atoms with van der Waals surface area (Å²) in [6, 6.07) is 10.8. The predicted molar refractivity (Wildman–Crippen MR) is 114 cm³/mol. The highest BCUT2D eigenvalue weighted by molar-refractivity contribution is 6.07. The Balaban J connectivity index is 1.56. The molecular weight excluding hydrogens is 497 g/mol. The molecule has 6 nitrogen and oxygen atoms in total. The lowest BCUT2D eigenvalue weighted by Gasteiger charge is -2.16. The molecule has 1 aliphatic rings. The van der Waals surface area contributed by atoms with Crippen molar-refractivity contribution in [3.63, 3.8) is 0 Å². The Labute approximate surface area is 199 Å². The smallest absolute Gasteiger partial charge is 0.406 e. The van der Waals surface area contributed by atoms with E-state index in [1.165, 1.54) is 42.5 Å². The van der Waals surface area contributed by atoms with Gasteiger partial charge in [0.15, 0.2) is 0 Å². The summed E-state index contributed by atoms with van der Waals surface area (Å²) < 4.78 is 92.9. The van der Waals surface area contributed by atoms with E-state index in [0.717, 1.165) is 23.2 Å². The largest absolute Gasteiger partial charge is 0.573 e. The first-order chi connectivity index (χ1) is 16.9. The molecular formula is C23H15F7N4O2. The van der Waals surface area contributed by atoms with Gasteiger partial charge >= 0.3 is 18.6 Å². The summed E-state index contributed by atoms with van der Waals surface area (Å²) in [6.45, 7) is -0.105. The average molecular weight is 512 g/mol. The molecule has 4 rings (SSSR count). The third-order valence-electron chi connectivity index (χ3n) is 5.10. The van der Waals surface area contributed by atoms with Gasteiger partial charge in [-0.25, -0.2) is 14.2 Å². The third kappa shape index (κ3) is 5.90. The number of hydrazone groups is 1. The second kappa shape index (κ2) is 9.47. The summed E-state index contributed by atoms with van der Waals surface area (Å²) in [4.78, 5) is 16.7. The molecule has 2 aromatic carbocycles. The zero-order valence-electron chi connectivity index (χ0n) is 17.9. The van der Waals surface area contributed by atoms with Crippen molar-refractivity contribution in [2.45, 2.75) is 18.5 Å². The van der Waals surface area contributed by atoms with E-state index < -0.39 is 41.6 Å². The Morgan fingerprint density at radius 2 is 1.61 bits per heavy atom. The molecule has 0 saturated carbocycles. The van der Waals surface area contributed by atoms with Gasteiger partial charge in [-0.15, -0.1) is 13.2 Å². The van der Waals surface area contributed by atoms with Crippen LogP contribution in [0.15, 0.2) is 72.0 Å². The Morgan fingerprint density at radius 1 is 0.944 bits per heavy atom. The minimum atomic E-state index is -4.87. The van der Waals surface area contributed by atoms with Crippen molar-refractivity contribution >= 4 is 17.4 Å². The first-order valence-corrected chi connectivity index (χ1v) is 10.2. The van der Waals surface area contributed by atoms with Crippen molar-refractivity contribution in [3.8, 4) is 5.75 Å². The van der Waals surface area contributed by atoms with Crippen molar-refractivity contribution in [1.29, 1.82) is 0 Å². The van der Waals surface area contributed by atoms with E-state index in [9.17, 15) is 35.5 Å². The van der Waals surface area contributed by atoms with E-state index in [2.05, 4.69) is 20.1 Å². The molecule has 0 bridgehead atoms. The van der Waals surface area contributed by atoms with E-state index in [0.29, 0.717) is 11.8 Å². The van der Waals surface area contributed by atoms with Crippen molar-refractivity contribution in [2.24, 2.45) is 5.10 Å². The Kier molecular flexibility index (Phi) is 6.57. The zero-order chi connectivity index (χ0) is 26.1. The number of hydrogen-bond acceptors (Lipinski definition) is 4. The maximum Gasteiger partial charge on any atom is 0.573 e. The highest BCUT2D eigenvalue weighted by atomic mass is 19.4. The van der Waals surface area contributed by atoms with Crippen LogP contribution >= 0.6 is 0 Å². The first-order valence-electron chi connectivity index (χ1n) is 10.2. The minimum Gasteiger partial charge on any atom is -0.406 e. The molecule has 1 aliphatic heterocycles. The minimum absolute atomic E-state index is 0.105. The Bertz CT molecular complexity index is 1260. The van der Waals surface area contributed by atoms with Crippen LogP contribution in [0.2, 0.25) is 0 Å². The van der Waals surface area contributed by atoms with Gasteiger partial charge in [0.1, 0.15) is 11.6 Å². The SMILES string of the molecule is O=C(Nc1ccc(OC(F)(F)F)cc1)N1CC(c2ccc(C(F)(F)F)cn2)C(c2ccc(F)cc2)=N1. The topological polar surface area (TPSA) is 66.8 Å². The molecule has 0 spiro atoms. The van der Waals surface area contributed by atoms with E-state index in [1.807, 2.05) is 0 Å². The number of alkyl halides is 6. The van der Waals surface area contributed by atoms with Crippen LogP contribution in [0.4, 0.5) is 41.2 Å². The van der Waals surface area contributed by atoms with E-state index in [1.54, 1.807) is 0 Å². The highest BCUT2D eigenvalue weighted by Crippen LogP contribution is 2.32. The number of nitrogens with one attached hydrogen (secondary N) is 1. The number of carbonyl (C=O) groups excluding carboxylic acids is 1. The summed E-state index contributed by atoms with van der Waals surface area (Å²) in [6.07, 6.45) is -8.78. The zero-order valence-corrected chi connectivity index (χ0v) is 17.9. The molecule has 0 radical (unpaired) electrons. The molecule has 188 valence electrons. The number of carbonyl (C=O) groups is 1. The standard InChI is InChI=1S/C23H15F7N4O2/c24-15-4-1-13(2-5-15)20-18(19-10-3-14(11-31-19)22(25,26)27)12-34(33-20)21(35)32-16-6-8-17(9-7-16)36-23(28,29)30/h1-11,18H,12H2,(H,32,35).